The fourth-order valence-electron chi connectivity index (χ4n) is 1.91. The van der Waals surface area contributed by atoms with Crippen LogP contribution >= 0.6 is 0 Å². The van der Waals surface area contributed by atoms with Crippen LogP contribution in [-0.4, -0.2) is 24.1 Å². The van der Waals surface area contributed by atoms with E-state index in [0.29, 0.717) is 11.1 Å². The molecular formula is C17H15NO4Rh. The van der Waals surface area contributed by atoms with E-state index >= 15 is 0 Å². The van der Waals surface area contributed by atoms with E-state index in [4.69, 9.17) is 0 Å². The Morgan fingerprint density at radius 3 is 2.48 bits per heavy atom. The van der Waals surface area contributed by atoms with Crippen molar-refractivity contribution in [3.05, 3.63) is 71.4 Å². The summed E-state index contributed by atoms with van der Waals surface area (Å²) < 4.78 is 4.55. The first-order chi connectivity index (χ1) is 10.6. The number of nitrogens with zero attached hydrogens (tertiary/aromatic N) is 1. The molecule has 2 aromatic rings. The maximum absolute atomic E-state index is 12.3. The van der Waals surface area contributed by atoms with Gasteiger partial charge in [-0.15, -0.1) is 6.42 Å². The van der Waals surface area contributed by atoms with E-state index in [2.05, 4.69) is 10.1 Å². The average molecular weight is 400 g/mol. The van der Waals surface area contributed by atoms with Gasteiger partial charge in [-0.05, 0) is 6.07 Å². The van der Waals surface area contributed by atoms with Crippen LogP contribution in [0.3, 0.4) is 0 Å². The molecule has 1 N–H and O–H groups in total. The van der Waals surface area contributed by atoms with Crippen molar-refractivity contribution in [3.63, 3.8) is 0 Å². The quantitative estimate of drug-likeness (QED) is 0.475. The van der Waals surface area contributed by atoms with E-state index in [-0.39, 0.29) is 37.3 Å². The molecule has 0 aliphatic carbocycles. The van der Waals surface area contributed by atoms with Crippen LogP contribution in [0.4, 0.5) is 5.69 Å². The molecule has 0 spiro atoms. The van der Waals surface area contributed by atoms with Gasteiger partial charge in [0, 0.05) is 5.56 Å². The number of methoxy groups -OCH3 is 1. The number of phenols is 1. The van der Waals surface area contributed by atoms with E-state index in [1.54, 1.807) is 42.5 Å². The van der Waals surface area contributed by atoms with Crippen molar-refractivity contribution < 1.29 is 38.9 Å². The zero-order chi connectivity index (χ0) is 15.9. The van der Waals surface area contributed by atoms with E-state index in [1.807, 2.05) is 0 Å². The third kappa shape index (κ3) is 5.11. The van der Waals surface area contributed by atoms with E-state index < -0.39 is 11.9 Å². The first-order valence-corrected chi connectivity index (χ1v) is 6.65. The second kappa shape index (κ2) is 8.96. The standard InChI is InChI=1S/C17H16NO4.Rh/c1-22-16(20)11-10-12-6-2-3-7-13(12)17(21)18-14-8-4-5-9-15(14)19;/h2-9,11H,10H2,1H3,(H2,18,19,21);/q-1;+2/p-1. The molecule has 1 radical (unpaired) electrons. The first kappa shape index (κ1) is 18.7. The zero-order valence-electron chi connectivity index (χ0n) is 12.4. The van der Waals surface area contributed by atoms with Gasteiger partial charge in [0.05, 0.1) is 13.0 Å². The van der Waals surface area contributed by atoms with Crippen molar-refractivity contribution in [3.8, 4) is 5.75 Å². The van der Waals surface area contributed by atoms with Crippen molar-refractivity contribution >= 4 is 17.6 Å². The summed E-state index contributed by atoms with van der Waals surface area (Å²) in [6.45, 7) is 0. The van der Waals surface area contributed by atoms with Gasteiger partial charge in [-0.2, -0.15) is 0 Å². The van der Waals surface area contributed by atoms with Crippen LogP contribution in [0.25, 0.3) is 5.32 Å². The minimum atomic E-state index is -0.477. The molecule has 6 heteroatoms. The Hall–Kier alpha value is -2.33. The van der Waals surface area contributed by atoms with E-state index in [1.165, 1.54) is 19.6 Å². The van der Waals surface area contributed by atoms with Gasteiger partial charge in [-0.1, -0.05) is 53.7 Å². The van der Waals surface area contributed by atoms with Gasteiger partial charge < -0.3 is 20.0 Å². The van der Waals surface area contributed by atoms with Crippen molar-refractivity contribution in [1.82, 2.24) is 0 Å². The molecule has 0 atom stereocenters. The minimum absolute atomic E-state index is 0. The predicted octanol–water partition coefficient (Wildman–Crippen LogP) is 3.16. The number of ether oxygens (including phenoxy) is 1. The molecule has 5 nitrogen and oxygen atoms in total. The fraction of sp³-hybridized carbons (Fsp3) is 0.118. The summed E-state index contributed by atoms with van der Waals surface area (Å²) in [5.41, 5.74) is 1.25. The van der Waals surface area contributed by atoms with Crippen LogP contribution in [0, 0.1) is 6.42 Å². The summed E-state index contributed by atoms with van der Waals surface area (Å²) in [4.78, 5) is 23.5. The van der Waals surface area contributed by atoms with Crippen LogP contribution < -0.4 is 0 Å². The summed E-state index contributed by atoms with van der Waals surface area (Å²) in [6, 6.07) is 13.2. The number of amides is 1. The molecule has 0 bridgehead atoms. The van der Waals surface area contributed by atoms with Crippen LogP contribution in [0.5, 0.6) is 5.75 Å². The Kier molecular flexibility index (Phi) is 7.29. The van der Waals surface area contributed by atoms with Crippen LogP contribution in [0.2, 0.25) is 0 Å². The van der Waals surface area contributed by atoms with Gasteiger partial charge in [0.1, 0.15) is 5.75 Å². The van der Waals surface area contributed by atoms with Gasteiger partial charge in [0.15, 0.2) is 5.97 Å². The molecule has 0 saturated carbocycles. The largest absolute Gasteiger partial charge is 2.00 e. The molecular weight excluding hydrogens is 385 g/mol. The number of hydrogen-bond donors (Lipinski definition) is 1. The number of carbonyl (C=O) groups is 2. The fourth-order valence-corrected chi connectivity index (χ4v) is 1.91. The second-order valence-electron chi connectivity index (χ2n) is 4.49. The predicted molar refractivity (Wildman–Crippen MR) is 81.9 cm³/mol. The molecule has 2 rings (SSSR count). The Bertz CT molecular complexity index is 688. The third-order valence-corrected chi connectivity index (χ3v) is 3.04. The Balaban J connectivity index is 0.00000264. The minimum Gasteiger partial charge on any atom is -0.620 e. The Morgan fingerprint density at radius 1 is 1.13 bits per heavy atom. The molecule has 0 unspecified atom stereocenters. The third-order valence-electron chi connectivity index (χ3n) is 3.04. The second-order valence-corrected chi connectivity index (χ2v) is 4.49. The summed E-state index contributed by atoms with van der Waals surface area (Å²) in [5, 5.41) is 13.6. The van der Waals surface area contributed by atoms with Gasteiger partial charge in [-0.3, -0.25) is 11.2 Å². The molecule has 0 aliphatic heterocycles. The Morgan fingerprint density at radius 2 is 1.78 bits per heavy atom. The van der Waals surface area contributed by atoms with Crippen LogP contribution in [-0.2, 0) is 35.4 Å². The number of aromatic hydroxyl groups is 1. The summed E-state index contributed by atoms with van der Waals surface area (Å²) >= 11 is 0. The molecule has 1 amide bonds. The van der Waals surface area contributed by atoms with Crippen LogP contribution in [0.15, 0.2) is 48.5 Å². The maximum Gasteiger partial charge on any atom is 2.00 e. The van der Waals surface area contributed by atoms with E-state index in [9.17, 15) is 14.7 Å². The van der Waals surface area contributed by atoms with Crippen LogP contribution in [0.1, 0.15) is 15.9 Å². The number of rotatable bonds is 5. The number of esters is 1. The van der Waals surface area contributed by atoms with Gasteiger partial charge in [-0.25, -0.2) is 0 Å². The number of hydrogen-bond acceptors (Lipinski definition) is 4. The summed E-state index contributed by atoms with van der Waals surface area (Å²) in [6.07, 6.45) is 1.62. The van der Waals surface area contributed by atoms with Gasteiger partial charge in [0.25, 0.3) is 0 Å². The molecule has 0 saturated heterocycles. The first-order valence-electron chi connectivity index (χ1n) is 6.65. The maximum atomic E-state index is 12.3. The monoisotopic (exact) mass is 400 g/mol. The van der Waals surface area contributed by atoms with Gasteiger partial charge in [0.2, 0.25) is 0 Å². The van der Waals surface area contributed by atoms with E-state index in [0.717, 1.165) is 0 Å². The van der Waals surface area contributed by atoms with Crippen molar-refractivity contribution in [2.24, 2.45) is 0 Å². The number of phenolic OH excluding ortho intramolecular Hbond substituents is 1. The number of para-hydroxylation sites is 2. The molecule has 0 aliphatic rings. The molecule has 0 aromatic heterocycles. The molecule has 23 heavy (non-hydrogen) atoms. The molecule has 0 heterocycles. The normalized spacial score (nSPS) is 9.43. The molecule has 121 valence electrons. The Labute approximate surface area is 147 Å². The molecule has 2 aromatic carbocycles. The zero-order valence-corrected chi connectivity index (χ0v) is 14.0. The van der Waals surface area contributed by atoms with Crippen molar-refractivity contribution in [2.75, 3.05) is 7.11 Å². The van der Waals surface area contributed by atoms with Crippen molar-refractivity contribution in [2.45, 2.75) is 6.42 Å². The van der Waals surface area contributed by atoms with Crippen molar-refractivity contribution in [1.29, 1.82) is 0 Å². The smallest absolute Gasteiger partial charge is 0.620 e. The number of benzene rings is 2. The topological polar surface area (TPSA) is 77.7 Å². The molecule has 0 fully saturated rings. The average Bonchev–Trinajstić information content (AvgIpc) is 2.55. The number of carbonyl (C=O) groups excluding carboxylic acids is 2. The van der Waals surface area contributed by atoms with Gasteiger partial charge >= 0.3 is 19.5 Å². The summed E-state index contributed by atoms with van der Waals surface area (Å²) in [7, 11) is 1.30. The summed E-state index contributed by atoms with van der Waals surface area (Å²) in [5.74, 6) is -0.996. The SMILES string of the molecule is COC(=O)[CH-]Cc1ccccc1C(=O)[N-]c1ccccc1O.[Rh+2].